The zero-order valence-electron chi connectivity index (χ0n) is 43.6. The fourth-order valence-corrected chi connectivity index (χ4v) is 8.99. The maximum absolute atomic E-state index is 13.2. The number of hydrogen-bond acceptors (Lipinski definition) is 18. The summed E-state index contributed by atoms with van der Waals surface area (Å²) in [5, 5.41) is 120. The number of hydrogen-bond donors (Lipinski definition) is 12. The average Bonchev–Trinajstić information content (AvgIpc) is 3.39. The Morgan fingerprint density at radius 2 is 0.904 bits per heavy atom. The summed E-state index contributed by atoms with van der Waals surface area (Å²) in [5.74, 6) is -0.299. The monoisotopic (exact) mass is 1050 g/mol. The van der Waals surface area contributed by atoms with Crippen molar-refractivity contribution in [2.45, 2.75) is 259 Å². The maximum atomic E-state index is 13.2. The third kappa shape index (κ3) is 23.5. The van der Waals surface area contributed by atoms with Gasteiger partial charge in [-0.2, -0.15) is 0 Å². The number of rotatable bonds is 38. The summed E-state index contributed by atoms with van der Waals surface area (Å²) in [6, 6.07) is -0.996. The van der Waals surface area contributed by atoms with Gasteiger partial charge in [0, 0.05) is 6.42 Å². The molecule has 17 atom stereocenters. The van der Waals surface area contributed by atoms with Gasteiger partial charge in [-0.1, -0.05) is 133 Å². The second kappa shape index (κ2) is 38.3. The van der Waals surface area contributed by atoms with E-state index in [4.69, 9.17) is 28.4 Å². The standard InChI is InChI=1S/C54H95NO18/c1-3-5-7-9-11-13-15-16-17-18-19-20-22-24-26-28-30-32-42(60)55-37(38(59)31-29-27-25-23-21-14-12-10-8-6-4-2)36-68-52-48(66)45(63)50(40(34-57)70-52)73-54-49(67)46(64)51(41(35-58)71-54)72-53-47(65)44(62)43(61)39(33-56)69-53/h8,10,16-17,21,23,29,31,37-41,43-54,56-59,61-67H,3-7,9,11-15,18-20,22,24-28,30,32-36H2,1-2H3,(H,55,60)/b10-8+,17-16-,23-21+,31-29+. The highest BCUT2D eigenvalue weighted by atomic mass is 16.8. The smallest absolute Gasteiger partial charge is 0.220 e. The quantitative estimate of drug-likeness (QED) is 0.0312. The predicted molar refractivity (Wildman–Crippen MR) is 272 cm³/mol. The second-order valence-corrected chi connectivity index (χ2v) is 19.7. The van der Waals surface area contributed by atoms with E-state index in [2.05, 4.69) is 55.6 Å². The normalized spacial score (nSPS) is 32.1. The number of allylic oxidation sites excluding steroid dienone is 7. The summed E-state index contributed by atoms with van der Waals surface area (Å²) >= 11 is 0. The Balaban J connectivity index is 1.54. The van der Waals surface area contributed by atoms with Crippen molar-refractivity contribution >= 4 is 5.91 Å². The summed E-state index contributed by atoms with van der Waals surface area (Å²) in [4.78, 5) is 13.2. The molecule has 3 fully saturated rings. The van der Waals surface area contributed by atoms with Crippen molar-refractivity contribution in [2.24, 2.45) is 0 Å². The molecular weight excluding hydrogens is 951 g/mol. The lowest BCUT2D eigenvalue weighted by Gasteiger charge is -2.48. The molecule has 0 aliphatic carbocycles. The minimum absolute atomic E-state index is 0.225. The molecule has 73 heavy (non-hydrogen) atoms. The third-order valence-corrected chi connectivity index (χ3v) is 13.6. The second-order valence-electron chi connectivity index (χ2n) is 19.7. The van der Waals surface area contributed by atoms with Gasteiger partial charge >= 0.3 is 0 Å². The largest absolute Gasteiger partial charge is 0.394 e. The fraction of sp³-hybridized carbons (Fsp3) is 0.833. The van der Waals surface area contributed by atoms with Crippen LogP contribution < -0.4 is 5.32 Å². The van der Waals surface area contributed by atoms with E-state index in [-0.39, 0.29) is 18.9 Å². The van der Waals surface area contributed by atoms with Gasteiger partial charge in [-0.3, -0.25) is 4.79 Å². The van der Waals surface area contributed by atoms with Gasteiger partial charge in [-0.05, 0) is 64.2 Å². The first-order valence-corrected chi connectivity index (χ1v) is 27.4. The van der Waals surface area contributed by atoms with E-state index >= 15 is 0 Å². The van der Waals surface area contributed by atoms with Crippen LogP contribution >= 0.6 is 0 Å². The van der Waals surface area contributed by atoms with Crippen LogP contribution in [0.1, 0.15) is 155 Å². The lowest BCUT2D eigenvalue weighted by atomic mass is 9.96. The van der Waals surface area contributed by atoms with Crippen LogP contribution in [-0.2, 0) is 33.2 Å². The summed E-state index contributed by atoms with van der Waals surface area (Å²) in [7, 11) is 0. The Hall–Kier alpha value is -2.25. The lowest BCUT2D eigenvalue weighted by molar-refractivity contribution is -0.379. The summed E-state index contributed by atoms with van der Waals surface area (Å²) < 4.78 is 34.1. The molecule has 0 radical (unpaired) electrons. The first-order chi connectivity index (χ1) is 35.3. The summed E-state index contributed by atoms with van der Waals surface area (Å²) in [5.41, 5.74) is 0. The first-order valence-electron chi connectivity index (χ1n) is 27.4. The summed E-state index contributed by atoms with van der Waals surface area (Å²) in [6.45, 7) is 1.57. The molecule has 19 heteroatoms. The van der Waals surface area contributed by atoms with Crippen molar-refractivity contribution in [3.63, 3.8) is 0 Å². The first kappa shape index (κ1) is 65.0. The molecule has 0 bridgehead atoms. The molecule has 0 aromatic carbocycles. The number of aliphatic hydroxyl groups is 11. The van der Waals surface area contributed by atoms with E-state index in [0.29, 0.717) is 12.8 Å². The Morgan fingerprint density at radius 1 is 0.479 bits per heavy atom. The highest BCUT2D eigenvalue weighted by Crippen LogP contribution is 2.33. The van der Waals surface area contributed by atoms with E-state index < -0.39 is 124 Å². The van der Waals surface area contributed by atoms with E-state index in [9.17, 15) is 61.0 Å². The van der Waals surface area contributed by atoms with Gasteiger partial charge in [0.15, 0.2) is 18.9 Å². The van der Waals surface area contributed by atoms with Crippen molar-refractivity contribution in [3.05, 3.63) is 48.6 Å². The van der Waals surface area contributed by atoms with Gasteiger partial charge in [-0.15, -0.1) is 0 Å². The minimum Gasteiger partial charge on any atom is -0.394 e. The Morgan fingerprint density at radius 3 is 1.42 bits per heavy atom. The molecule has 0 saturated carbocycles. The van der Waals surface area contributed by atoms with E-state index in [1.165, 1.54) is 57.8 Å². The van der Waals surface area contributed by atoms with Crippen molar-refractivity contribution in [1.29, 1.82) is 0 Å². The molecular formula is C54H95NO18. The van der Waals surface area contributed by atoms with Crippen LogP contribution in [0.3, 0.4) is 0 Å². The van der Waals surface area contributed by atoms with Crippen LogP contribution in [0.25, 0.3) is 0 Å². The molecule has 0 aromatic heterocycles. The molecule has 3 rings (SSSR count). The Labute approximate surface area is 433 Å². The van der Waals surface area contributed by atoms with Gasteiger partial charge in [0.2, 0.25) is 5.91 Å². The van der Waals surface area contributed by atoms with Gasteiger partial charge in [0.1, 0.15) is 73.2 Å². The molecule has 3 saturated heterocycles. The number of carbonyl (C=O) groups is 1. The molecule has 12 N–H and O–H groups in total. The van der Waals surface area contributed by atoms with Crippen molar-refractivity contribution in [3.8, 4) is 0 Å². The number of unbranched alkanes of at least 4 members (excludes halogenated alkanes) is 16. The van der Waals surface area contributed by atoms with Crippen molar-refractivity contribution in [2.75, 3.05) is 26.4 Å². The number of amides is 1. The topological polar surface area (TPSA) is 307 Å². The molecule has 3 aliphatic rings. The van der Waals surface area contributed by atoms with Crippen LogP contribution in [-0.4, -0.2) is 193 Å². The molecule has 0 aromatic rings. The van der Waals surface area contributed by atoms with Gasteiger partial charge in [0.05, 0.1) is 38.6 Å². The van der Waals surface area contributed by atoms with Crippen molar-refractivity contribution in [1.82, 2.24) is 5.32 Å². The van der Waals surface area contributed by atoms with Gasteiger partial charge in [-0.25, -0.2) is 0 Å². The van der Waals surface area contributed by atoms with Crippen LogP contribution in [0.4, 0.5) is 0 Å². The Kier molecular flexibility index (Phi) is 34.1. The van der Waals surface area contributed by atoms with Crippen molar-refractivity contribution < 1.29 is 89.4 Å². The third-order valence-electron chi connectivity index (χ3n) is 13.6. The SMILES string of the molecule is CCC/C=C/CC/C=C/CC/C=C/C(O)C(COC1OC(CO)C(OC2OC(CO)C(OC3OC(CO)C(O)C(O)C3O)C(O)C2O)C(O)C1O)NC(=O)CCCCCCCCC/C=C\CCCCCCCC. The average molecular weight is 1050 g/mol. The molecule has 17 unspecified atom stereocenters. The van der Waals surface area contributed by atoms with Crippen LogP contribution in [0.15, 0.2) is 48.6 Å². The number of nitrogens with one attached hydrogen (secondary N) is 1. The molecule has 3 aliphatic heterocycles. The van der Waals surface area contributed by atoms with Gasteiger partial charge in [0.25, 0.3) is 0 Å². The Bertz CT molecular complexity index is 1530. The molecule has 19 nitrogen and oxygen atoms in total. The summed E-state index contributed by atoms with van der Waals surface area (Å²) in [6.07, 6.45) is 12.6. The number of aliphatic hydroxyl groups excluding tert-OH is 11. The number of ether oxygens (including phenoxy) is 6. The maximum Gasteiger partial charge on any atom is 0.220 e. The van der Waals surface area contributed by atoms with E-state index in [1.807, 2.05) is 6.08 Å². The fourth-order valence-electron chi connectivity index (χ4n) is 8.99. The van der Waals surface area contributed by atoms with Crippen LogP contribution in [0.5, 0.6) is 0 Å². The molecule has 424 valence electrons. The predicted octanol–water partition coefficient (Wildman–Crippen LogP) is 3.14. The molecule has 3 heterocycles. The molecule has 1 amide bonds. The highest BCUT2D eigenvalue weighted by molar-refractivity contribution is 5.76. The van der Waals surface area contributed by atoms with Crippen LogP contribution in [0, 0.1) is 0 Å². The zero-order valence-corrected chi connectivity index (χ0v) is 43.6. The van der Waals surface area contributed by atoms with Gasteiger partial charge < -0.3 is 89.9 Å². The molecule has 0 spiro atoms. The zero-order chi connectivity index (χ0) is 53.4. The number of carbonyl (C=O) groups excluding carboxylic acids is 1. The van der Waals surface area contributed by atoms with E-state index in [0.717, 1.165) is 64.2 Å². The minimum atomic E-state index is -1.98. The van der Waals surface area contributed by atoms with Crippen LogP contribution in [0.2, 0.25) is 0 Å². The lowest BCUT2D eigenvalue weighted by Crippen LogP contribution is -2.66. The highest BCUT2D eigenvalue weighted by Gasteiger charge is 2.53. The van der Waals surface area contributed by atoms with E-state index in [1.54, 1.807) is 6.08 Å².